The molecule has 1 saturated heterocycles. The highest BCUT2D eigenvalue weighted by atomic mass is 79.9. The SMILES string of the molecule is OC(Cc1ccc(Br)s1)C1(c2ccccc2)CCOCC1. The zero-order valence-electron chi connectivity index (χ0n) is 11.8. The van der Waals surface area contributed by atoms with Gasteiger partial charge in [-0.1, -0.05) is 30.3 Å². The lowest BCUT2D eigenvalue weighted by Crippen LogP contribution is -2.45. The number of benzene rings is 1. The van der Waals surface area contributed by atoms with Crippen molar-refractivity contribution in [1.82, 2.24) is 0 Å². The van der Waals surface area contributed by atoms with Gasteiger partial charge in [0.15, 0.2) is 0 Å². The minimum absolute atomic E-state index is 0.185. The quantitative estimate of drug-likeness (QED) is 0.879. The molecule has 2 nitrogen and oxygen atoms in total. The maximum Gasteiger partial charge on any atom is 0.0701 e. The van der Waals surface area contributed by atoms with Crippen molar-refractivity contribution in [2.45, 2.75) is 30.8 Å². The first-order valence-electron chi connectivity index (χ1n) is 7.26. The van der Waals surface area contributed by atoms with Crippen LogP contribution in [0.25, 0.3) is 0 Å². The Hall–Kier alpha value is -0.680. The molecule has 2 heterocycles. The third-order valence-electron chi connectivity index (χ3n) is 4.39. The largest absolute Gasteiger partial charge is 0.392 e. The van der Waals surface area contributed by atoms with Crippen LogP contribution in [0, 0.1) is 0 Å². The normalized spacial score (nSPS) is 19.3. The van der Waals surface area contributed by atoms with E-state index in [-0.39, 0.29) is 11.5 Å². The van der Waals surface area contributed by atoms with Gasteiger partial charge >= 0.3 is 0 Å². The molecule has 21 heavy (non-hydrogen) atoms. The second-order valence-electron chi connectivity index (χ2n) is 5.56. The number of halogens is 1. The van der Waals surface area contributed by atoms with E-state index in [1.54, 1.807) is 11.3 Å². The zero-order valence-corrected chi connectivity index (χ0v) is 14.2. The van der Waals surface area contributed by atoms with E-state index in [4.69, 9.17) is 4.74 Å². The molecule has 0 aliphatic carbocycles. The van der Waals surface area contributed by atoms with Gasteiger partial charge in [-0.25, -0.2) is 0 Å². The standard InChI is InChI=1S/C17H19BrO2S/c18-16-7-6-14(21-16)12-15(19)17(8-10-20-11-9-17)13-4-2-1-3-5-13/h1-7,15,19H,8-12H2. The first kappa shape index (κ1) is 15.2. The van der Waals surface area contributed by atoms with Crippen LogP contribution in [0.1, 0.15) is 23.3 Å². The van der Waals surface area contributed by atoms with E-state index >= 15 is 0 Å². The molecule has 1 aromatic heterocycles. The van der Waals surface area contributed by atoms with Gasteiger partial charge in [0.2, 0.25) is 0 Å². The fourth-order valence-corrected chi connectivity index (χ4v) is 4.69. The predicted octanol–water partition coefficient (Wildman–Crippen LogP) is 4.16. The van der Waals surface area contributed by atoms with Gasteiger partial charge in [0.25, 0.3) is 0 Å². The van der Waals surface area contributed by atoms with E-state index in [9.17, 15) is 5.11 Å². The Morgan fingerprint density at radius 2 is 1.86 bits per heavy atom. The number of rotatable bonds is 4. The van der Waals surface area contributed by atoms with Gasteiger partial charge in [-0.15, -0.1) is 11.3 Å². The number of aliphatic hydroxyl groups excluding tert-OH is 1. The van der Waals surface area contributed by atoms with Crippen LogP contribution in [-0.4, -0.2) is 24.4 Å². The molecule has 0 saturated carbocycles. The summed E-state index contributed by atoms with van der Waals surface area (Å²) in [5.74, 6) is 0. The highest BCUT2D eigenvalue weighted by Crippen LogP contribution is 2.40. The van der Waals surface area contributed by atoms with Crippen molar-refractivity contribution in [2.75, 3.05) is 13.2 Å². The summed E-state index contributed by atoms with van der Waals surface area (Å²) in [4.78, 5) is 1.22. The van der Waals surface area contributed by atoms with Gasteiger partial charge in [-0.2, -0.15) is 0 Å². The summed E-state index contributed by atoms with van der Waals surface area (Å²) in [6.07, 6.45) is 2.08. The first-order chi connectivity index (χ1) is 10.2. The molecule has 0 spiro atoms. The summed E-state index contributed by atoms with van der Waals surface area (Å²) in [5.41, 5.74) is 1.05. The molecule has 0 amide bonds. The second-order valence-corrected chi connectivity index (χ2v) is 8.11. The van der Waals surface area contributed by atoms with Gasteiger partial charge in [0.1, 0.15) is 0 Å². The Morgan fingerprint density at radius 1 is 1.14 bits per heavy atom. The molecule has 1 fully saturated rings. The van der Waals surface area contributed by atoms with Crippen molar-refractivity contribution >= 4 is 27.3 Å². The van der Waals surface area contributed by atoms with Gasteiger partial charge in [0.05, 0.1) is 9.89 Å². The molecule has 3 rings (SSSR count). The topological polar surface area (TPSA) is 29.5 Å². The maximum atomic E-state index is 11.0. The Kier molecular flexibility index (Phi) is 4.79. The van der Waals surface area contributed by atoms with E-state index in [0.29, 0.717) is 6.42 Å². The van der Waals surface area contributed by atoms with Crippen LogP contribution in [0.5, 0.6) is 0 Å². The Labute approximate surface area is 137 Å². The lowest BCUT2D eigenvalue weighted by molar-refractivity contribution is -0.0151. The van der Waals surface area contributed by atoms with Crippen molar-refractivity contribution in [3.8, 4) is 0 Å². The fraction of sp³-hybridized carbons (Fsp3) is 0.412. The van der Waals surface area contributed by atoms with Crippen LogP contribution >= 0.6 is 27.3 Å². The summed E-state index contributed by atoms with van der Waals surface area (Å²) in [5, 5.41) is 11.0. The smallest absolute Gasteiger partial charge is 0.0701 e. The lowest BCUT2D eigenvalue weighted by Gasteiger charge is -2.41. The van der Waals surface area contributed by atoms with Crippen molar-refractivity contribution in [2.24, 2.45) is 0 Å². The van der Waals surface area contributed by atoms with Crippen LogP contribution in [0.2, 0.25) is 0 Å². The van der Waals surface area contributed by atoms with Crippen LogP contribution in [0.4, 0.5) is 0 Å². The van der Waals surface area contributed by atoms with Crippen molar-refractivity contribution in [1.29, 1.82) is 0 Å². The van der Waals surface area contributed by atoms with Crippen LogP contribution in [-0.2, 0) is 16.6 Å². The molecule has 1 atom stereocenters. The molecular formula is C17H19BrO2S. The molecule has 112 valence electrons. The van der Waals surface area contributed by atoms with Gasteiger partial charge < -0.3 is 9.84 Å². The second kappa shape index (κ2) is 6.61. The average molecular weight is 367 g/mol. The zero-order chi connectivity index (χ0) is 14.7. The van der Waals surface area contributed by atoms with Gasteiger partial charge in [-0.3, -0.25) is 0 Å². The number of aliphatic hydroxyl groups is 1. The Morgan fingerprint density at radius 3 is 2.48 bits per heavy atom. The third-order valence-corrected chi connectivity index (χ3v) is 6.04. The Balaban J connectivity index is 1.88. The molecule has 1 unspecified atom stereocenters. The minimum atomic E-state index is -0.380. The molecule has 1 N–H and O–H groups in total. The number of thiophene rings is 1. The number of hydrogen-bond donors (Lipinski definition) is 1. The monoisotopic (exact) mass is 366 g/mol. The highest BCUT2D eigenvalue weighted by molar-refractivity contribution is 9.11. The van der Waals surface area contributed by atoms with Gasteiger partial charge in [-0.05, 0) is 46.5 Å². The van der Waals surface area contributed by atoms with E-state index < -0.39 is 0 Å². The molecule has 2 aromatic rings. The first-order valence-corrected chi connectivity index (χ1v) is 8.87. The third kappa shape index (κ3) is 3.24. The molecule has 1 aromatic carbocycles. The molecule has 0 radical (unpaired) electrons. The van der Waals surface area contributed by atoms with E-state index in [1.807, 2.05) is 12.1 Å². The van der Waals surface area contributed by atoms with Crippen LogP contribution < -0.4 is 0 Å². The average Bonchev–Trinajstić information content (AvgIpc) is 2.94. The minimum Gasteiger partial charge on any atom is -0.392 e. The fourth-order valence-electron chi connectivity index (χ4n) is 3.17. The highest BCUT2D eigenvalue weighted by Gasteiger charge is 2.41. The summed E-state index contributed by atoms with van der Waals surface area (Å²) in [6, 6.07) is 14.6. The number of ether oxygens (including phenoxy) is 1. The van der Waals surface area contributed by atoms with Crippen LogP contribution in [0.15, 0.2) is 46.3 Å². The lowest BCUT2D eigenvalue weighted by atomic mass is 9.69. The van der Waals surface area contributed by atoms with Crippen molar-refractivity contribution in [3.63, 3.8) is 0 Å². The molecule has 1 aliphatic rings. The molecule has 0 bridgehead atoms. The van der Waals surface area contributed by atoms with Crippen LogP contribution in [0.3, 0.4) is 0 Å². The summed E-state index contributed by atoms with van der Waals surface area (Å²) >= 11 is 5.19. The summed E-state index contributed by atoms with van der Waals surface area (Å²) in [7, 11) is 0. The molecule has 1 aliphatic heterocycles. The predicted molar refractivity (Wildman–Crippen MR) is 89.9 cm³/mol. The van der Waals surface area contributed by atoms with E-state index in [1.165, 1.54) is 10.4 Å². The van der Waals surface area contributed by atoms with Crippen molar-refractivity contribution in [3.05, 3.63) is 56.7 Å². The van der Waals surface area contributed by atoms with Gasteiger partial charge in [0, 0.05) is 29.9 Å². The summed E-state index contributed by atoms with van der Waals surface area (Å²) in [6.45, 7) is 1.44. The van der Waals surface area contributed by atoms with Crippen molar-refractivity contribution < 1.29 is 9.84 Å². The van der Waals surface area contributed by atoms with E-state index in [0.717, 1.165) is 29.8 Å². The number of hydrogen-bond acceptors (Lipinski definition) is 3. The maximum absolute atomic E-state index is 11.0. The summed E-state index contributed by atoms with van der Waals surface area (Å²) < 4.78 is 6.65. The van der Waals surface area contributed by atoms with E-state index in [2.05, 4.69) is 46.3 Å². The molecule has 4 heteroatoms. The molecular weight excluding hydrogens is 348 g/mol. The Bertz CT molecular complexity index is 575.